The van der Waals surface area contributed by atoms with Gasteiger partial charge in [0.25, 0.3) is 0 Å². The number of rotatable bonds is 3. The molecule has 1 saturated heterocycles. The molecule has 18 heavy (non-hydrogen) atoms. The molecule has 0 spiro atoms. The Bertz CT molecular complexity index is 531. The van der Waals surface area contributed by atoms with Gasteiger partial charge in [-0.15, -0.1) is 0 Å². The first-order valence-corrected chi connectivity index (χ1v) is 6.42. The lowest BCUT2D eigenvalue weighted by Crippen LogP contribution is -2.32. The van der Waals surface area contributed by atoms with Crippen LogP contribution in [0.3, 0.4) is 0 Å². The Morgan fingerprint density at radius 3 is 3.06 bits per heavy atom. The Hall–Kier alpha value is -1.46. The molecular formula is C13H18N4O. The number of nitrogens with one attached hydrogen (secondary N) is 1. The lowest BCUT2D eigenvalue weighted by Gasteiger charge is -2.22. The summed E-state index contributed by atoms with van der Waals surface area (Å²) in [7, 11) is 2.01. The molecular weight excluding hydrogens is 228 g/mol. The predicted octanol–water partition coefficient (Wildman–Crippen LogP) is 1.24. The van der Waals surface area contributed by atoms with E-state index in [2.05, 4.69) is 19.9 Å². The summed E-state index contributed by atoms with van der Waals surface area (Å²) in [5.41, 5.74) is 2.04. The zero-order chi connectivity index (χ0) is 12.4. The van der Waals surface area contributed by atoms with Crippen molar-refractivity contribution in [3.63, 3.8) is 0 Å². The smallest absolute Gasteiger partial charge is 0.135 e. The highest BCUT2D eigenvalue weighted by Gasteiger charge is 2.15. The van der Waals surface area contributed by atoms with Crippen molar-refractivity contribution >= 4 is 11.0 Å². The fraction of sp³-hybridized carbons (Fsp3) is 0.538. The maximum Gasteiger partial charge on any atom is 0.135 e. The van der Waals surface area contributed by atoms with Crippen molar-refractivity contribution in [1.82, 2.24) is 19.9 Å². The minimum absolute atomic E-state index is 0.365. The first kappa shape index (κ1) is 11.6. The molecule has 0 aromatic carbocycles. The molecule has 0 bridgehead atoms. The minimum Gasteiger partial charge on any atom is -0.370 e. The molecule has 5 heteroatoms. The predicted molar refractivity (Wildman–Crippen MR) is 69.2 cm³/mol. The van der Waals surface area contributed by atoms with Gasteiger partial charge in [0.05, 0.1) is 23.3 Å². The summed E-state index contributed by atoms with van der Waals surface area (Å²) in [6, 6.07) is 1.93. The number of hydrogen-bond donors (Lipinski definition) is 1. The first-order chi connectivity index (χ1) is 8.84. The molecule has 0 atom stereocenters. The van der Waals surface area contributed by atoms with Gasteiger partial charge in [-0.1, -0.05) is 0 Å². The topological polar surface area (TPSA) is 52.0 Å². The van der Waals surface area contributed by atoms with Crippen LogP contribution < -0.4 is 5.32 Å². The van der Waals surface area contributed by atoms with E-state index < -0.39 is 0 Å². The molecule has 1 N–H and O–H groups in total. The first-order valence-electron chi connectivity index (χ1n) is 6.42. The number of piperidine rings is 1. The van der Waals surface area contributed by atoms with Crippen LogP contribution in [0.1, 0.15) is 18.7 Å². The second-order valence-corrected chi connectivity index (χ2v) is 4.71. The Morgan fingerprint density at radius 1 is 1.44 bits per heavy atom. The summed E-state index contributed by atoms with van der Waals surface area (Å²) in [5, 5.41) is 3.34. The zero-order valence-electron chi connectivity index (χ0n) is 10.6. The average molecular weight is 246 g/mol. The van der Waals surface area contributed by atoms with Crippen molar-refractivity contribution < 1.29 is 4.74 Å². The lowest BCUT2D eigenvalue weighted by atomic mass is 10.1. The van der Waals surface area contributed by atoms with Gasteiger partial charge >= 0.3 is 0 Å². The Balaban J connectivity index is 1.72. The summed E-state index contributed by atoms with van der Waals surface area (Å²) < 4.78 is 7.99. The van der Waals surface area contributed by atoms with Crippen LogP contribution in [-0.2, 0) is 18.4 Å². The van der Waals surface area contributed by atoms with Gasteiger partial charge in [-0.05, 0) is 32.0 Å². The summed E-state index contributed by atoms with van der Waals surface area (Å²) in [4.78, 5) is 8.71. The van der Waals surface area contributed by atoms with E-state index in [4.69, 9.17) is 4.74 Å². The molecule has 1 aliphatic rings. The third-order valence-electron chi connectivity index (χ3n) is 3.51. The molecule has 0 aliphatic carbocycles. The Morgan fingerprint density at radius 2 is 2.28 bits per heavy atom. The standard InChI is InChI=1S/C13H18N4O/c1-17-12-8-15-7-4-11(12)16-13(17)9-18-10-2-5-14-6-3-10/h4,7-8,10,14H,2-3,5-6,9H2,1H3. The summed E-state index contributed by atoms with van der Waals surface area (Å²) in [6.45, 7) is 2.68. The number of aromatic nitrogens is 3. The SMILES string of the molecule is Cn1c(COC2CCNCC2)nc2ccncc21. The van der Waals surface area contributed by atoms with Crippen molar-refractivity contribution in [2.24, 2.45) is 7.05 Å². The van der Waals surface area contributed by atoms with E-state index in [1.165, 1.54) is 0 Å². The average Bonchev–Trinajstić information content (AvgIpc) is 2.75. The Kier molecular flexibility index (Phi) is 3.25. The number of pyridine rings is 1. The maximum atomic E-state index is 5.94. The molecule has 3 rings (SSSR count). The van der Waals surface area contributed by atoms with Crippen LogP contribution in [0.4, 0.5) is 0 Å². The van der Waals surface area contributed by atoms with Crippen molar-refractivity contribution in [2.45, 2.75) is 25.6 Å². The van der Waals surface area contributed by atoms with E-state index >= 15 is 0 Å². The van der Waals surface area contributed by atoms with E-state index in [0.717, 1.165) is 42.8 Å². The second kappa shape index (κ2) is 5.04. The minimum atomic E-state index is 0.365. The van der Waals surface area contributed by atoms with Crippen LogP contribution in [-0.4, -0.2) is 33.7 Å². The molecule has 3 heterocycles. The van der Waals surface area contributed by atoms with E-state index in [9.17, 15) is 0 Å². The normalized spacial score (nSPS) is 17.4. The third kappa shape index (κ3) is 2.23. The van der Waals surface area contributed by atoms with E-state index in [-0.39, 0.29) is 0 Å². The summed E-state index contributed by atoms with van der Waals surface area (Å²) >= 11 is 0. The molecule has 96 valence electrons. The van der Waals surface area contributed by atoms with Crippen LogP contribution in [0.5, 0.6) is 0 Å². The highest BCUT2D eigenvalue weighted by Crippen LogP contribution is 2.15. The summed E-state index contributed by atoms with van der Waals surface area (Å²) in [5.74, 6) is 0.969. The van der Waals surface area contributed by atoms with Crippen molar-refractivity contribution in [3.05, 3.63) is 24.3 Å². The van der Waals surface area contributed by atoms with E-state index in [1.54, 1.807) is 6.20 Å². The molecule has 0 saturated carbocycles. The molecule has 0 unspecified atom stereocenters. The summed E-state index contributed by atoms with van der Waals surface area (Å²) in [6.07, 6.45) is 6.16. The number of ether oxygens (including phenoxy) is 1. The van der Waals surface area contributed by atoms with Crippen LogP contribution in [0.2, 0.25) is 0 Å². The van der Waals surface area contributed by atoms with Crippen molar-refractivity contribution in [2.75, 3.05) is 13.1 Å². The van der Waals surface area contributed by atoms with Gasteiger partial charge in [0.1, 0.15) is 12.4 Å². The number of fused-ring (bicyclic) bond motifs is 1. The van der Waals surface area contributed by atoms with Gasteiger partial charge in [0.15, 0.2) is 0 Å². The van der Waals surface area contributed by atoms with Gasteiger partial charge in [0.2, 0.25) is 0 Å². The molecule has 2 aromatic rings. The number of imidazole rings is 1. The molecule has 2 aromatic heterocycles. The highest BCUT2D eigenvalue weighted by molar-refractivity contribution is 5.74. The van der Waals surface area contributed by atoms with Gasteiger partial charge in [-0.2, -0.15) is 0 Å². The maximum absolute atomic E-state index is 5.94. The zero-order valence-corrected chi connectivity index (χ0v) is 10.6. The quantitative estimate of drug-likeness (QED) is 0.885. The molecule has 1 aliphatic heterocycles. The molecule has 5 nitrogen and oxygen atoms in total. The van der Waals surface area contributed by atoms with E-state index in [0.29, 0.717) is 12.7 Å². The number of aryl methyl sites for hydroxylation is 1. The van der Waals surface area contributed by atoms with E-state index in [1.807, 2.05) is 19.3 Å². The lowest BCUT2D eigenvalue weighted by molar-refractivity contribution is 0.0170. The largest absolute Gasteiger partial charge is 0.370 e. The fourth-order valence-corrected chi connectivity index (χ4v) is 2.37. The van der Waals surface area contributed by atoms with Gasteiger partial charge in [0, 0.05) is 13.2 Å². The monoisotopic (exact) mass is 246 g/mol. The van der Waals surface area contributed by atoms with Crippen LogP contribution in [0.15, 0.2) is 18.5 Å². The molecule has 1 fully saturated rings. The van der Waals surface area contributed by atoms with Gasteiger partial charge in [-0.3, -0.25) is 4.98 Å². The fourth-order valence-electron chi connectivity index (χ4n) is 2.37. The Labute approximate surface area is 106 Å². The molecule has 0 amide bonds. The van der Waals surface area contributed by atoms with Crippen LogP contribution >= 0.6 is 0 Å². The van der Waals surface area contributed by atoms with Crippen LogP contribution in [0.25, 0.3) is 11.0 Å². The second-order valence-electron chi connectivity index (χ2n) is 4.71. The van der Waals surface area contributed by atoms with Crippen LogP contribution in [0, 0.1) is 0 Å². The third-order valence-corrected chi connectivity index (χ3v) is 3.51. The highest BCUT2D eigenvalue weighted by atomic mass is 16.5. The van der Waals surface area contributed by atoms with Gasteiger partial charge in [-0.25, -0.2) is 4.98 Å². The number of nitrogens with zero attached hydrogens (tertiary/aromatic N) is 3. The van der Waals surface area contributed by atoms with Gasteiger partial charge < -0.3 is 14.6 Å². The molecule has 0 radical (unpaired) electrons. The number of hydrogen-bond acceptors (Lipinski definition) is 4. The van der Waals surface area contributed by atoms with Crippen molar-refractivity contribution in [1.29, 1.82) is 0 Å². The van der Waals surface area contributed by atoms with Crippen molar-refractivity contribution in [3.8, 4) is 0 Å².